The predicted octanol–water partition coefficient (Wildman–Crippen LogP) is 2.98. The summed E-state index contributed by atoms with van der Waals surface area (Å²) in [4.78, 5) is 12.4. The highest BCUT2D eigenvalue weighted by molar-refractivity contribution is 5.99. The molecule has 0 fully saturated rings. The van der Waals surface area contributed by atoms with Crippen LogP contribution in [0.5, 0.6) is 0 Å². The van der Waals surface area contributed by atoms with Crippen molar-refractivity contribution in [1.29, 1.82) is 0 Å². The van der Waals surface area contributed by atoms with Gasteiger partial charge in [0.25, 0.3) is 0 Å². The predicted molar refractivity (Wildman–Crippen MR) is 68.1 cm³/mol. The summed E-state index contributed by atoms with van der Waals surface area (Å²) in [5.41, 5.74) is 2.14. The maximum atomic E-state index is 12.4. The normalized spacial score (nSPS) is 19.8. The second kappa shape index (κ2) is 5.97. The summed E-state index contributed by atoms with van der Waals surface area (Å²) in [6, 6.07) is 8.00. The first kappa shape index (κ1) is 12.3. The molecule has 0 heterocycles. The Kier molecular flexibility index (Phi) is 4.32. The molecule has 1 aliphatic carbocycles. The maximum absolute atomic E-state index is 12.4. The third-order valence-electron chi connectivity index (χ3n) is 3.61. The van der Waals surface area contributed by atoms with E-state index in [2.05, 4.69) is 6.07 Å². The number of ketones is 1. The molecule has 0 spiro atoms. The molecule has 2 rings (SSSR count). The summed E-state index contributed by atoms with van der Waals surface area (Å²) in [6.45, 7) is 0.234. The Balaban J connectivity index is 2.09. The molecule has 2 heteroatoms. The molecule has 1 atom stereocenters. The van der Waals surface area contributed by atoms with Crippen molar-refractivity contribution in [3.05, 3.63) is 35.4 Å². The molecule has 1 aliphatic rings. The molecule has 17 heavy (non-hydrogen) atoms. The van der Waals surface area contributed by atoms with E-state index < -0.39 is 0 Å². The first-order chi connectivity index (χ1) is 8.33. The Morgan fingerprint density at radius 2 is 2.06 bits per heavy atom. The number of carbonyl (C=O) groups excluding carboxylic acids is 1. The quantitative estimate of drug-likeness (QED) is 0.640. The van der Waals surface area contributed by atoms with E-state index in [0.29, 0.717) is 5.78 Å². The fraction of sp³-hybridized carbons (Fsp3) is 0.533. The van der Waals surface area contributed by atoms with Crippen LogP contribution in [0.3, 0.4) is 0 Å². The monoisotopic (exact) mass is 232 g/mol. The van der Waals surface area contributed by atoms with Gasteiger partial charge in [0, 0.05) is 18.1 Å². The van der Waals surface area contributed by atoms with Crippen LogP contribution in [0, 0.1) is 5.92 Å². The SMILES string of the molecule is O=C1c2ccccc2CCCC1CCCCO. The van der Waals surface area contributed by atoms with Crippen LogP contribution in [0.1, 0.15) is 48.0 Å². The minimum atomic E-state index is 0.171. The van der Waals surface area contributed by atoms with E-state index in [1.54, 1.807) is 0 Å². The van der Waals surface area contributed by atoms with Crippen LogP contribution >= 0.6 is 0 Å². The minimum absolute atomic E-state index is 0.171. The summed E-state index contributed by atoms with van der Waals surface area (Å²) in [7, 11) is 0. The van der Waals surface area contributed by atoms with Crippen molar-refractivity contribution in [3.63, 3.8) is 0 Å². The van der Waals surface area contributed by atoms with Gasteiger partial charge in [0.1, 0.15) is 0 Å². The van der Waals surface area contributed by atoms with E-state index in [4.69, 9.17) is 5.11 Å². The van der Waals surface area contributed by atoms with E-state index in [-0.39, 0.29) is 12.5 Å². The van der Waals surface area contributed by atoms with Crippen LogP contribution in [-0.4, -0.2) is 17.5 Å². The molecule has 1 N–H and O–H groups in total. The van der Waals surface area contributed by atoms with Crippen LogP contribution in [0.15, 0.2) is 24.3 Å². The Hall–Kier alpha value is -1.15. The van der Waals surface area contributed by atoms with Gasteiger partial charge in [-0.25, -0.2) is 0 Å². The standard InChI is InChI=1S/C15H20O2/c16-11-4-3-7-13-9-5-8-12-6-1-2-10-14(12)15(13)17/h1-2,6,10,13,16H,3-5,7-9,11H2. The lowest BCUT2D eigenvalue weighted by Gasteiger charge is -2.13. The van der Waals surface area contributed by atoms with Gasteiger partial charge in [-0.05, 0) is 37.7 Å². The summed E-state index contributed by atoms with van der Waals surface area (Å²) >= 11 is 0. The molecule has 1 aromatic rings. The molecule has 0 aliphatic heterocycles. The van der Waals surface area contributed by atoms with Crippen LogP contribution in [0.2, 0.25) is 0 Å². The largest absolute Gasteiger partial charge is 0.396 e. The lowest BCUT2D eigenvalue weighted by atomic mass is 9.91. The van der Waals surface area contributed by atoms with Gasteiger partial charge in [0.05, 0.1) is 0 Å². The minimum Gasteiger partial charge on any atom is -0.396 e. The van der Waals surface area contributed by atoms with Gasteiger partial charge in [0.15, 0.2) is 5.78 Å². The van der Waals surface area contributed by atoms with Crippen molar-refractivity contribution in [2.24, 2.45) is 5.92 Å². The Labute approximate surface area is 103 Å². The number of aliphatic hydroxyl groups is 1. The van der Waals surface area contributed by atoms with Gasteiger partial charge in [-0.15, -0.1) is 0 Å². The van der Waals surface area contributed by atoms with Gasteiger partial charge < -0.3 is 5.11 Å². The zero-order valence-electron chi connectivity index (χ0n) is 10.2. The average Bonchev–Trinajstić information content (AvgIpc) is 2.51. The summed E-state index contributed by atoms with van der Waals surface area (Å²) < 4.78 is 0. The lowest BCUT2D eigenvalue weighted by molar-refractivity contribution is 0.0905. The number of hydrogen-bond donors (Lipinski definition) is 1. The summed E-state index contributed by atoms with van der Waals surface area (Å²) in [5, 5.41) is 8.79. The third-order valence-corrected chi connectivity index (χ3v) is 3.61. The zero-order valence-corrected chi connectivity index (χ0v) is 10.2. The number of carbonyl (C=O) groups is 1. The molecule has 0 radical (unpaired) electrons. The smallest absolute Gasteiger partial charge is 0.166 e. The summed E-state index contributed by atoms with van der Waals surface area (Å²) in [5.74, 6) is 0.487. The highest BCUT2D eigenvalue weighted by Gasteiger charge is 2.24. The zero-order chi connectivity index (χ0) is 12.1. The van der Waals surface area contributed by atoms with Crippen molar-refractivity contribution >= 4 is 5.78 Å². The van der Waals surface area contributed by atoms with E-state index in [0.717, 1.165) is 44.1 Å². The van der Waals surface area contributed by atoms with Crippen LogP contribution in [0.4, 0.5) is 0 Å². The van der Waals surface area contributed by atoms with E-state index in [9.17, 15) is 4.79 Å². The molecule has 0 saturated heterocycles. The molecule has 0 aromatic heterocycles. The number of rotatable bonds is 4. The first-order valence-corrected chi connectivity index (χ1v) is 6.56. The Bertz CT molecular complexity index is 384. The van der Waals surface area contributed by atoms with Crippen molar-refractivity contribution in [2.45, 2.75) is 38.5 Å². The van der Waals surface area contributed by atoms with Gasteiger partial charge in [-0.3, -0.25) is 4.79 Å². The molecule has 1 unspecified atom stereocenters. The third kappa shape index (κ3) is 2.95. The van der Waals surface area contributed by atoms with Crippen molar-refractivity contribution < 1.29 is 9.90 Å². The fourth-order valence-electron chi connectivity index (χ4n) is 2.65. The number of aryl methyl sites for hydroxylation is 1. The maximum Gasteiger partial charge on any atom is 0.166 e. The molecule has 0 saturated carbocycles. The van der Waals surface area contributed by atoms with Gasteiger partial charge in [-0.2, -0.15) is 0 Å². The van der Waals surface area contributed by atoms with E-state index in [1.807, 2.05) is 18.2 Å². The number of unbranched alkanes of at least 4 members (excludes halogenated alkanes) is 1. The Morgan fingerprint density at radius 3 is 2.88 bits per heavy atom. The number of hydrogen-bond acceptors (Lipinski definition) is 2. The fourth-order valence-corrected chi connectivity index (χ4v) is 2.65. The van der Waals surface area contributed by atoms with Crippen LogP contribution in [-0.2, 0) is 6.42 Å². The van der Waals surface area contributed by atoms with Crippen molar-refractivity contribution in [3.8, 4) is 0 Å². The van der Waals surface area contributed by atoms with Crippen LogP contribution in [0.25, 0.3) is 0 Å². The van der Waals surface area contributed by atoms with Gasteiger partial charge in [-0.1, -0.05) is 30.7 Å². The molecular weight excluding hydrogens is 212 g/mol. The molecular formula is C15H20O2. The van der Waals surface area contributed by atoms with E-state index in [1.165, 1.54) is 5.56 Å². The highest BCUT2D eigenvalue weighted by atomic mass is 16.2. The second-order valence-electron chi connectivity index (χ2n) is 4.83. The van der Waals surface area contributed by atoms with Crippen molar-refractivity contribution in [1.82, 2.24) is 0 Å². The Morgan fingerprint density at radius 1 is 1.24 bits per heavy atom. The topological polar surface area (TPSA) is 37.3 Å². The number of fused-ring (bicyclic) bond motifs is 1. The van der Waals surface area contributed by atoms with Gasteiger partial charge >= 0.3 is 0 Å². The average molecular weight is 232 g/mol. The molecule has 1 aromatic carbocycles. The summed E-state index contributed by atoms with van der Waals surface area (Å²) in [6.07, 6.45) is 5.82. The number of Topliss-reactive ketones (excluding diaryl/α,β-unsaturated/α-hetero) is 1. The van der Waals surface area contributed by atoms with E-state index >= 15 is 0 Å². The first-order valence-electron chi connectivity index (χ1n) is 6.56. The molecule has 0 bridgehead atoms. The molecule has 0 amide bonds. The number of aliphatic hydroxyl groups excluding tert-OH is 1. The lowest BCUT2D eigenvalue weighted by Crippen LogP contribution is -2.14. The molecule has 2 nitrogen and oxygen atoms in total. The highest BCUT2D eigenvalue weighted by Crippen LogP contribution is 2.27. The van der Waals surface area contributed by atoms with Crippen LogP contribution < -0.4 is 0 Å². The van der Waals surface area contributed by atoms with Crippen molar-refractivity contribution in [2.75, 3.05) is 6.61 Å². The molecule has 92 valence electrons. The van der Waals surface area contributed by atoms with Gasteiger partial charge in [0.2, 0.25) is 0 Å². The number of benzene rings is 1. The second-order valence-corrected chi connectivity index (χ2v) is 4.83.